The summed E-state index contributed by atoms with van der Waals surface area (Å²) in [5.41, 5.74) is 0.500. The summed E-state index contributed by atoms with van der Waals surface area (Å²) in [6, 6.07) is 0. The van der Waals surface area contributed by atoms with E-state index in [1.165, 1.54) is 6.42 Å². The lowest BCUT2D eigenvalue weighted by Crippen LogP contribution is -2.25. The Morgan fingerprint density at radius 3 is 1.00 bits per heavy atom. The summed E-state index contributed by atoms with van der Waals surface area (Å²) in [7, 11) is 0. The first-order valence-corrected chi connectivity index (χ1v) is 5.30. The first kappa shape index (κ1) is 14.5. The van der Waals surface area contributed by atoms with Crippen LogP contribution in [0.1, 0.15) is 61.8 Å². The van der Waals surface area contributed by atoms with Gasteiger partial charge in [0.1, 0.15) is 0 Å². The highest BCUT2D eigenvalue weighted by molar-refractivity contribution is 4.75. The van der Waals surface area contributed by atoms with Crippen molar-refractivity contribution < 1.29 is 0 Å². The molecule has 12 heavy (non-hydrogen) atoms. The van der Waals surface area contributed by atoms with Gasteiger partial charge < -0.3 is 0 Å². The fourth-order valence-corrected chi connectivity index (χ4v) is 0.667. The third-order valence-corrected chi connectivity index (χ3v) is 2.98. The van der Waals surface area contributed by atoms with E-state index < -0.39 is 0 Å². The summed E-state index contributed by atoms with van der Waals surface area (Å²) in [6.07, 6.45) is 1.25. The molecule has 76 valence electrons. The van der Waals surface area contributed by atoms with Gasteiger partial charge in [-0.2, -0.15) is 0 Å². The van der Waals surface area contributed by atoms with Gasteiger partial charge in [0.05, 0.1) is 0 Å². The molecule has 0 amide bonds. The van der Waals surface area contributed by atoms with Crippen molar-refractivity contribution in [1.29, 1.82) is 0 Å². The minimum absolute atomic E-state index is 0.500. The topological polar surface area (TPSA) is 0 Å². The molecule has 0 aromatic carbocycles. The van der Waals surface area contributed by atoms with Gasteiger partial charge in [0.15, 0.2) is 0 Å². The Labute approximate surface area is 79.8 Å². The Balaban J connectivity index is 0. The van der Waals surface area contributed by atoms with Gasteiger partial charge in [-0.15, -0.1) is 0 Å². The molecule has 0 unspecified atom stereocenters. The Kier molecular flexibility index (Phi) is 7.88. The average Bonchev–Trinajstić information content (AvgIpc) is 1.88. The maximum atomic E-state index is 2.34. The molecule has 0 saturated carbocycles. The molecule has 0 atom stereocenters. The fraction of sp³-hybridized carbons (Fsp3) is 1.00. The molecule has 0 aliphatic carbocycles. The van der Waals surface area contributed by atoms with Gasteiger partial charge in [-0.05, 0) is 17.3 Å². The second-order valence-corrected chi connectivity index (χ2v) is 4.84. The van der Waals surface area contributed by atoms with Crippen LogP contribution in [0.25, 0.3) is 0 Å². The van der Waals surface area contributed by atoms with Gasteiger partial charge in [-0.1, -0.05) is 61.8 Å². The minimum atomic E-state index is 0.500. The van der Waals surface area contributed by atoms with E-state index in [-0.39, 0.29) is 0 Å². The summed E-state index contributed by atoms with van der Waals surface area (Å²) >= 11 is 0. The minimum Gasteiger partial charge on any atom is -0.0656 e. The third kappa shape index (κ3) is 5.62. The van der Waals surface area contributed by atoms with E-state index in [2.05, 4.69) is 55.4 Å². The zero-order valence-corrected chi connectivity index (χ0v) is 10.4. The third-order valence-electron chi connectivity index (χ3n) is 2.98. The van der Waals surface area contributed by atoms with Crippen LogP contribution in [0.3, 0.4) is 0 Å². The van der Waals surface area contributed by atoms with Crippen LogP contribution in [0.2, 0.25) is 0 Å². The van der Waals surface area contributed by atoms with E-state index in [1.807, 2.05) is 0 Å². The summed E-state index contributed by atoms with van der Waals surface area (Å²) in [4.78, 5) is 0. The standard InChI is InChI=1S/C9H20.C3H8/c1-7(2)9(5,6)8(3)4;1-3-2/h7-8H,1-6H3;3H2,1-2H3. The van der Waals surface area contributed by atoms with E-state index in [4.69, 9.17) is 0 Å². The number of rotatable bonds is 2. The van der Waals surface area contributed by atoms with Crippen molar-refractivity contribution >= 4 is 0 Å². The average molecular weight is 172 g/mol. The summed E-state index contributed by atoms with van der Waals surface area (Å²) in [6.45, 7) is 18.1. The largest absolute Gasteiger partial charge is 0.0656 e. The monoisotopic (exact) mass is 172 g/mol. The van der Waals surface area contributed by atoms with Crippen molar-refractivity contribution in [3.8, 4) is 0 Å². The highest BCUT2D eigenvalue weighted by Crippen LogP contribution is 2.33. The van der Waals surface area contributed by atoms with Crippen molar-refractivity contribution in [1.82, 2.24) is 0 Å². The molecule has 0 nitrogen and oxygen atoms in total. The fourth-order valence-electron chi connectivity index (χ4n) is 0.667. The molecule has 0 N–H and O–H groups in total. The van der Waals surface area contributed by atoms with Crippen LogP contribution in [0.4, 0.5) is 0 Å². The lowest BCUT2D eigenvalue weighted by Gasteiger charge is -2.33. The summed E-state index contributed by atoms with van der Waals surface area (Å²) in [5, 5.41) is 0. The van der Waals surface area contributed by atoms with Gasteiger partial charge in [-0.3, -0.25) is 0 Å². The molecule has 0 aromatic rings. The highest BCUT2D eigenvalue weighted by atomic mass is 14.3. The summed E-state index contributed by atoms with van der Waals surface area (Å²) < 4.78 is 0. The van der Waals surface area contributed by atoms with Crippen molar-refractivity contribution in [2.24, 2.45) is 17.3 Å². The molecule has 0 bridgehead atoms. The predicted molar refractivity (Wildman–Crippen MR) is 59.4 cm³/mol. The van der Waals surface area contributed by atoms with Gasteiger partial charge in [0.2, 0.25) is 0 Å². The highest BCUT2D eigenvalue weighted by Gasteiger charge is 2.25. The molecule has 0 aliphatic heterocycles. The maximum absolute atomic E-state index is 2.34. The Morgan fingerprint density at radius 2 is 1.00 bits per heavy atom. The van der Waals surface area contributed by atoms with Crippen LogP contribution in [0, 0.1) is 17.3 Å². The van der Waals surface area contributed by atoms with Crippen LogP contribution >= 0.6 is 0 Å². The molecule has 0 saturated heterocycles. The molecule has 0 aromatic heterocycles. The molecule has 0 radical (unpaired) electrons. The Morgan fingerprint density at radius 1 is 0.833 bits per heavy atom. The quantitative estimate of drug-likeness (QED) is 0.564. The Hall–Kier alpha value is 0. The zero-order valence-electron chi connectivity index (χ0n) is 10.4. The van der Waals surface area contributed by atoms with Crippen molar-refractivity contribution in [2.75, 3.05) is 0 Å². The smallest absolute Gasteiger partial charge is 0.0308 e. The van der Waals surface area contributed by atoms with E-state index in [0.29, 0.717) is 5.41 Å². The normalized spacial score (nSPS) is 11.5. The molecular formula is C12H28. The summed E-state index contributed by atoms with van der Waals surface area (Å²) in [5.74, 6) is 1.58. The predicted octanol–water partition coefficient (Wildman–Crippen LogP) is 4.74. The molecule has 0 rings (SSSR count). The second kappa shape index (κ2) is 6.51. The lowest BCUT2D eigenvalue weighted by atomic mass is 9.72. The maximum Gasteiger partial charge on any atom is -0.0308 e. The van der Waals surface area contributed by atoms with Crippen LogP contribution in [0.5, 0.6) is 0 Å². The molecule has 0 spiro atoms. The van der Waals surface area contributed by atoms with Crippen molar-refractivity contribution in [3.63, 3.8) is 0 Å². The van der Waals surface area contributed by atoms with Crippen LogP contribution in [-0.4, -0.2) is 0 Å². The number of hydrogen-bond donors (Lipinski definition) is 0. The van der Waals surface area contributed by atoms with E-state index >= 15 is 0 Å². The molecular weight excluding hydrogens is 144 g/mol. The first-order valence-electron chi connectivity index (χ1n) is 5.30. The van der Waals surface area contributed by atoms with Crippen molar-refractivity contribution in [3.05, 3.63) is 0 Å². The van der Waals surface area contributed by atoms with E-state index in [9.17, 15) is 0 Å². The molecule has 0 aliphatic rings. The molecule has 0 heterocycles. The second-order valence-electron chi connectivity index (χ2n) is 4.84. The van der Waals surface area contributed by atoms with E-state index in [1.54, 1.807) is 0 Å². The van der Waals surface area contributed by atoms with Gasteiger partial charge in [0, 0.05) is 0 Å². The molecule has 0 fully saturated rings. The Bertz CT molecular complexity index is 78.2. The zero-order chi connectivity index (χ0) is 10.4. The van der Waals surface area contributed by atoms with Crippen LogP contribution < -0.4 is 0 Å². The van der Waals surface area contributed by atoms with Gasteiger partial charge in [-0.25, -0.2) is 0 Å². The van der Waals surface area contributed by atoms with E-state index in [0.717, 1.165) is 11.8 Å². The SMILES string of the molecule is CC(C)C(C)(C)C(C)C.CCC. The van der Waals surface area contributed by atoms with Crippen LogP contribution in [-0.2, 0) is 0 Å². The van der Waals surface area contributed by atoms with Gasteiger partial charge >= 0.3 is 0 Å². The molecule has 0 heteroatoms. The van der Waals surface area contributed by atoms with Gasteiger partial charge in [0.25, 0.3) is 0 Å². The van der Waals surface area contributed by atoms with Crippen LogP contribution in [0.15, 0.2) is 0 Å². The first-order chi connectivity index (χ1) is 5.30. The number of hydrogen-bond acceptors (Lipinski definition) is 0. The van der Waals surface area contributed by atoms with Crippen molar-refractivity contribution in [2.45, 2.75) is 61.8 Å². The lowest BCUT2D eigenvalue weighted by molar-refractivity contribution is 0.165.